The van der Waals surface area contributed by atoms with Crippen LogP contribution in [-0.4, -0.2) is 22.6 Å². The fraction of sp³-hybridized carbons (Fsp3) is 0.208. The van der Waals surface area contributed by atoms with Crippen molar-refractivity contribution in [3.05, 3.63) is 81.7 Å². The standard InChI is InChI=1S/C24H23N3O3S/c1-30-18-11-9-16(10-12-18)14-21-26-23-22(24(29)27(21)13-5-8-20(25)28)19(15-31-23)17-6-3-2-4-7-17/h2-4,6-7,9-12,15H,5,8,13-14H2,1H3,(H2,25,28). The van der Waals surface area contributed by atoms with Crippen LogP contribution in [0.15, 0.2) is 64.8 Å². The highest BCUT2D eigenvalue weighted by atomic mass is 32.1. The molecule has 0 radical (unpaired) electrons. The number of fused-ring (bicyclic) bond motifs is 1. The monoisotopic (exact) mass is 433 g/mol. The minimum atomic E-state index is -0.376. The number of primary amides is 1. The van der Waals surface area contributed by atoms with Gasteiger partial charge in [0.1, 0.15) is 16.4 Å². The minimum absolute atomic E-state index is 0.0851. The van der Waals surface area contributed by atoms with E-state index in [1.54, 1.807) is 11.7 Å². The summed E-state index contributed by atoms with van der Waals surface area (Å²) in [4.78, 5) is 30.4. The molecule has 0 saturated carbocycles. The molecule has 0 aliphatic carbocycles. The molecule has 0 atom stereocenters. The van der Waals surface area contributed by atoms with Gasteiger partial charge in [-0.25, -0.2) is 4.98 Å². The van der Waals surface area contributed by atoms with Crippen molar-refractivity contribution < 1.29 is 9.53 Å². The van der Waals surface area contributed by atoms with Crippen LogP contribution in [0.2, 0.25) is 0 Å². The van der Waals surface area contributed by atoms with Crippen molar-refractivity contribution in [2.45, 2.75) is 25.8 Å². The van der Waals surface area contributed by atoms with Gasteiger partial charge in [0.2, 0.25) is 5.91 Å². The highest BCUT2D eigenvalue weighted by Gasteiger charge is 2.17. The number of benzene rings is 2. The number of methoxy groups -OCH3 is 1. The Labute approximate surface area is 183 Å². The van der Waals surface area contributed by atoms with Crippen LogP contribution < -0.4 is 16.0 Å². The first-order chi connectivity index (χ1) is 15.1. The molecule has 0 aliphatic heterocycles. The molecule has 0 unspecified atom stereocenters. The van der Waals surface area contributed by atoms with E-state index in [0.29, 0.717) is 30.6 Å². The van der Waals surface area contributed by atoms with E-state index in [1.807, 2.05) is 60.0 Å². The number of rotatable bonds is 8. The van der Waals surface area contributed by atoms with Crippen molar-refractivity contribution in [1.82, 2.24) is 9.55 Å². The third kappa shape index (κ3) is 4.51. The number of amides is 1. The Balaban J connectivity index is 1.79. The van der Waals surface area contributed by atoms with Crippen LogP contribution in [-0.2, 0) is 17.8 Å². The number of aromatic nitrogens is 2. The average Bonchev–Trinajstić information content (AvgIpc) is 3.21. The van der Waals surface area contributed by atoms with Gasteiger partial charge in [0, 0.05) is 30.3 Å². The van der Waals surface area contributed by atoms with Gasteiger partial charge in [-0.05, 0) is 29.7 Å². The molecule has 2 aromatic carbocycles. The zero-order chi connectivity index (χ0) is 21.8. The molecule has 31 heavy (non-hydrogen) atoms. The van der Waals surface area contributed by atoms with Gasteiger partial charge < -0.3 is 10.5 Å². The molecule has 0 aliphatic rings. The third-order valence-corrected chi connectivity index (χ3v) is 6.06. The summed E-state index contributed by atoms with van der Waals surface area (Å²) in [6.45, 7) is 0.389. The molecular formula is C24H23N3O3S. The Morgan fingerprint density at radius 1 is 1.13 bits per heavy atom. The summed E-state index contributed by atoms with van der Waals surface area (Å²) in [6.07, 6.45) is 1.22. The summed E-state index contributed by atoms with van der Waals surface area (Å²) < 4.78 is 6.92. The van der Waals surface area contributed by atoms with Crippen LogP contribution in [0.1, 0.15) is 24.2 Å². The Morgan fingerprint density at radius 3 is 2.55 bits per heavy atom. The first-order valence-corrected chi connectivity index (χ1v) is 10.9. The third-order valence-electron chi connectivity index (χ3n) is 5.18. The molecule has 7 heteroatoms. The van der Waals surface area contributed by atoms with E-state index in [4.69, 9.17) is 15.5 Å². The zero-order valence-electron chi connectivity index (χ0n) is 17.2. The van der Waals surface area contributed by atoms with E-state index in [1.165, 1.54) is 11.3 Å². The SMILES string of the molecule is COc1ccc(Cc2nc3scc(-c4ccccc4)c3c(=O)n2CCCC(N)=O)cc1. The first-order valence-electron chi connectivity index (χ1n) is 10.0. The summed E-state index contributed by atoms with van der Waals surface area (Å²) >= 11 is 1.47. The maximum atomic E-state index is 13.6. The van der Waals surface area contributed by atoms with Gasteiger partial charge in [0.15, 0.2) is 0 Å². The number of carbonyl (C=O) groups excluding carboxylic acids is 1. The van der Waals surface area contributed by atoms with Gasteiger partial charge in [0.05, 0.1) is 12.5 Å². The topological polar surface area (TPSA) is 87.2 Å². The Kier molecular flexibility index (Phi) is 6.13. The smallest absolute Gasteiger partial charge is 0.262 e. The van der Waals surface area contributed by atoms with Gasteiger partial charge in [-0.15, -0.1) is 11.3 Å². The van der Waals surface area contributed by atoms with E-state index < -0.39 is 0 Å². The van der Waals surface area contributed by atoms with E-state index in [9.17, 15) is 9.59 Å². The van der Waals surface area contributed by atoms with Crippen molar-refractivity contribution in [3.63, 3.8) is 0 Å². The summed E-state index contributed by atoms with van der Waals surface area (Å²) in [5.41, 5.74) is 8.12. The number of thiophene rings is 1. The highest BCUT2D eigenvalue weighted by Crippen LogP contribution is 2.31. The van der Waals surface area contributed by atoms with Crippen molar-refractivity contribution in [1.29, 1.82) is 0 Å². The molecule has 158 valence electrons. The van der Waals surface area contributed by atoms with E-state index in [2.05, 4.69) is 0 Å². The van der Waals surface area contributed by atoms with Crippen LogP contribution in [0.4, 0.5) is 0 Å². The lowest BCUT2D eigenvalue weighted by molar-refractivity contribution is -0.118. The number of ether oxygens (including phenoxy) is 1. The maximum Gasteiger partial charge on any atom is 0.262 e. The summed E-state index contributed by atoms with van der Waals surface area (Å²) in [6, 6.07) is 17.5. The van der Waals surface area contributed by atoms with Crippen LogP contribution in [0.25, 0.3) is 21.3 Å². The molecule has 0 fully saturated rings. The van der Waals surface area contributed by atoms with E-state index in [-0.39, 0.29) is 17.9 Å². The second-order valence-electron chi connectivity index (χ2n) is 7.28. The van der Waals surface area contributed by atoms with Gasteiger partial charge in [-0.3, -0.25) is 14.2 Å². The fourth-order valence-electron chi connectivity index (χ4n) is 3.60. The number of carbonyl (C=O) groups is 1. The van der Waals surface area contributed by atoms with Crippen LogP contribution in [0.3, 0.4) is 0 Å². The zero-order valence-corrected chi connectivity index (χ0v) is 18.0. The van der Waals surface area contributed by atoms with Crippen molar-refractivity contribution in [3.8, 4) is 16.9 Å². The number of nitrogens with two attached hydrogens (primary N) is 1. The van der Waals surface area contributed by atoms with E-state index >= 15 is 0 Å². The Morgan fingerprint density at radius 2 is 1.87 bits per heavy atom. The maximum absolute atomic E-state index is 13.6. The predicted octanol–water partition coefficient (Wildman–Crippen LogP) is 3.99. The molecular weight excluding hydrogens is 410 g/mol. The molecule has 0 spiro atoms. The van der Waals surface area contributed by atoms with Gasteiger partial charge in [-0.1, -0.05) is 42.5 Å². The molecule has 2 heterocycles. The lowest BCUT2D eigenvalue weighted by Gasteiger charge is -2.13. The van der Waals surface area contributed by atoms with Crippen LogP contribution in [0, 0.1) is 0 Å². The lowest BCUT2D eigenvalue weighted by atomic mass is 10.1. The first kappa shape index (κ1) is 20.8. The fourth-order valence-corrected chi connectivity index (χ4v) is 4.56. The summed E-state index contributed by atoms with van der Waals surface area (Å²) in [5, 5.41) is 2.60. The second kappa shape index (κ2) is 9.14. The number of nitrogens with zero attached hydrogens (tertiary/aromatic N) is 2. The largest absolute Gasteiger partial charge is 0.497 e. The molecule has 2 N–H and O–H groups in total. The molecule has 0 saturated heterocycles. The lowest BCUT2D eigenvalue weighted by Crippen LogP contribution is -2.26. The predicted molar refractivity (Wildman–Crippen MR) is 124 cm³/mol. The molecule has 0 bridgehead atoms. The summed E-state index contributed by atoms with van der Waals surface area (Å²) in [5.74, 6) is 1.07. The van der Waals surface area contributed by atoms with Crippen LogP contribution >= 0.6 is 11.3 Å². The molecule has 6 nitrogen and oxygen atoms in total. The van der Waals surface area contributed by atoms with Gasteiger partial charge in [0.25, 0.3) is 5.56 Å². The molecule has 4 rings (SSSR count). The quantitative estimate of drug-likeness (QED) is 0.455. The van der Waals surface area contributed by atoms with Crippen molar-refractivity contribution >= 4 is 27.5 Å². The normalized spacial score (nSPS) is 11.0. The van der Waals surface area contributed by atoms with Crippen molar-refractivity contribution in [2.75, 3.05) is 7.11 Å². The van der Waals surface area contributed by atoms with Gasteiger partial charge in [-0.2, -0.15) is 0 Å². The average molecular weight is 434 g/mol. The Bertz CT molecular complexity index is 1260. The molecule has 2 aromatic heterocycles. The minimum Gasteiger partial charge on any atom is -0.497 e. The number of hydrogen-bond acceptors (Lipinski definition) is 5. The van der Waals surface area contributed by atoms with Crippen molar-refractivity contribution in [2.24, 2.45) is 5.73 Å². The Hall–Kier alpha value is -3.45. The second-order valence-corrected chi connectivity index (χ2v) is 8.13. The summed E-state index contributed by atoms with van der Waals surface area (Å²) in [7, 11) is 1.63. The van der Waals surface area contributed by atoms with Gasteiger partial charge >= 0.3 is 0 Å². The highest BCUT2D eigenvalue weighted by molar-refractivity contribution is 7.17. The number of hydrogen-bond donors (Lipinski definition) is 1. The molecule has 1 amide bonds. The van der Waals surface area contributed by atoms with Crippen LogP contribution in [0.5, 0.6) is 5.75 Å². The van der Waals surface area contributed by atoms with E-state index in [0.717, 1.165) is 27.3 Å². The molecule has 4 aromatic rings.